The van der Waals surface area contributed by atoms with Crippen LogP contribution < -0.4 is 0 Å². The molecule has 0 aliphatic heterocycles. The van der Waals surface area contributed by atoms with Gasteiger partial charge in [0.15, 0.2) is 0 Å². The molecule has 0 spiro atoms. The van der Waals surface area contributed by atoms with E-state index >= 15 is 0 Å². The van der Waals surface area contributed by atoms with Crippen LogP contribution in [0.1, 0.15) is 0 Å². The third kappa shape index (κ3) is 0.699. The van der Waals surface area contributed by atoms with Crippen molar-refractivity contribution < 1.29 is 0 Å². The number of aromatic nitrogens is 4. The van der Waals surface area contributed by atoms with E-state index in [0.717, 1.165) is 0 Å². The van der Waals surface area contributed by atoms with Gasteiger partial charge in [-0.15, -0.1) is 0 Å². The van der Waals surface area contributed by atoms with Gasteiger partial charge in [0.25, 0.3) is 0 Å². The molecular weight excluding hydrogens is 128 g/mol. The largest absolute Gasteiger partial charge is 0.329 e. The lowest BCUT2D eigenvalue weighted by Gasteiger charge is -1.90. The summed E-state index contributed by atoms with van der Waals surface area (Å²) < 4.78 is 1.54. The van der Waals surface area contributed by atoms with Crippen LogP contribution in [-0.2, 0) is 0 Å². The van der Waals surface area contributed by atoms with Gasteiger partial charge in [-0.3, -0.25) is 0 Å². The van der Waals surface area contributed by atoms with Crippen molar-refractivity contribution in [3.05, 3.63) is 30.9 Å². The average molecular weight is 133 g/mol. The number of H-pyrrole nitrogens is 1. The lowest BCUT2D eigenvalue weighted by molar-refractivity contribution is 0.819. The van der Waals surface area contributed by atoms with Crippen LogP contribution in [-0.4, -0.2) is 19.7 Å². The second-order valence-electron chi connectivity index (χ2n) is 1.78. The minimum atomic E-state index is 0.685. The predicted molar refractivity (Wildman–Crippen MR) is 34.5 cm³/mol. The summed E-state index contributed by atoms with van der Waals surface area (Å²) in [4.78, 5) is 6.87. The maximum absolute atomic E-state index is 3.97. The van der Waals surface area contributed by atoms with E-state index in [4.69, 9.17) is 0 Å². The molecule has 0 unspecified atom stereocenters. The number of hydrogen-bond donors (Lipinski definition) is 1. The molecule has 10 heavy (non-hydrogen) atoms. The van der Waals surface area contributed by atoms with Crippen molar-refractivity contribution in [1.82, 2.24) is 19.7 Å². The van der Waals surface area contributed by atoms with Gasteiger partial charge in [-0.05, 0) is 6.07 Å². The molecular formula is C6H5N4. The standard InChI is InChI=1S/C6H5N4/c1-2-9-10(5-1)6-7-3-4-8-6/h1-4H,(H,7,8). The minimum Gasteiger partial charge on any atom is -0.329 e. The highest BCUT2D eigenvalue weighted by Crippen LogP contribution is 1.93. The van der Waals surface area contributed by atoms with Gasteiger partial charge in [-0.1, -0.05) is 0 Å². The van der Waals surface area contributed by atoms with Crippen molar-refractivity contribution in [2.45, 2.75) is 0 Å². The van der Waals surface area contributed by atoms with E-state index in [2.05, 4.69) is 21.3 Å². The van der Waals surface area contributed by atoms with Crippen molar-refractivity contribution in [3.8, 4) is 5.95 Å². The summed E-state index contributed by atoms with van der Waals surface area (Å²) >= 11 is 0. The highest BCUT2D eigenvalue weighted by Gasteiger charge is 1.94. The molecule has 2 aromatic heterocycles. The number of nitrogens with zero attached hydrogens (tertiary/aromatic N) is 3. The van der Waals surface area contributed by atoms with Gasteiger partial charge in [-0.25, -0.2) is 4.98 Å². The van der Waals surface area contributed by atoms with Crippen LogP contribution in [0.2, 0.25) is 0 Å². The third-order valence-corrected chi connectivity index (χ3v) is 1.14. The number of rotatable bonds is 1. The van der Waals surface area contributed by atoms with Crippen LogP contribution in [0.25, 0.3) is 5.95 Å². The summed E-state index contributed by atoms with van der Waals surface area (Å²) in [5, 5.41) is 3.93. The first kappa shape index (κ1) is 5.22. The van der Waals surface area contributed by atoms with E-state index in [1.54, 1.807) is 29.3 Å². The fourth-order valence-electron chi connectivity index (χ4n) is 0.726. The number of nitrogens with one attached hydrogen (secondary N) is 1. The second-order valence-corrected chi connectivity index (χ2v) is 1.78. The Kier molecular flexibility index (Phi) is 1.04. The molecule has 1 N–H and O–H groups in total. The summed E-state index contributed by atoms with van der Waals surface area (Å²) in [6, 6.07) is 1.72. The van der Waals surface area contributed by atoms with Gasteiger partial charge >= 0.3 is 0 Å². The van der Waals surface area contributed by atoms with Crippen molar-refractivity contribution in [2.75, 3.05) is 0 Å². The van der Waals surface area contributed by atoms with Gasteiger partial charge in [0.2, 0.25) is 5.95 Å². The molecule has 2 heterocycles. The van der Waals surface area contributed by atoms with E-state index in [9.17, 15) is 0 Å². The highest BCUT2D eigenvalue weighted by molar-refractivity contribution is 5.06. The van der Waals surface area contributed by atoms with Gasteiger partial charge in [0.05, 0.1) is 12.4 Å². The maximum atomic E-state index is 3.97. The van der Waals surface area contributed by atoms with Gasteiger partial charge in [-0.2, -0.15) is 9.78 Å². The molecule has 0 bridgehead atoms. The van der Waals surface area contributed by atoms with Gasteiger partial charge in [0.1, 0.15) is 0 Å². The molecule has 0 aromatic carbocycles. The molecule has 1 radical (unpaired) electrons. The van der Waals surface area contributed by atoms with Crippen LogP contribution in [0.3, 0.4) is 0 Å². The molecule has 4 nitrogen and oxygen atoms in total. The normalized spacial score (nSPS) is 10.0. The lowest BCUT2D eigenvalue weighted by atomic mass is 10.7. The Morgan fingerprint density at radius 2 is 2.50 bits per heavy atom. The van der Waals surface area contributed by atoms with Crippen molar-refractivity contribution >= 4 is 0 Å². The Morgan fingerprint density at radius 1 is 1.50 bits per heavy atom. The fraction of sp³-hybridized carbons (Fsp3) is 0. The van der Waals surface area contributed by atoms with Crippen molar-refractivity contribution in [2.24, 2.45) is 0 Å². The first-order valence-electron chi connectivity index (χ1n) is 2.88. The number of aromatic amines is 1. The molecule has 2 rings (SSSR count). The molecule has 0 fully saturated rings. The first-order valence-corrected chi connectivity index (χ1v) is 2.88. The number of imidazole rings is 1. The van der Waals surface area contributed by atoms with E-state index in [1.807, 2.05) is 0 Å². The van der Waals surface area contributed by atoms with Crippen LogP contribution >= 0.6 is 0 Å². The lowest BCUT2D eigenvalue weighted by Crippen LogP contribution is -1.95. The Morgan fingerprint density at radius 3 is 3.10 bits per heavy atom. The molecule has 0 aliphatic carbocycles. The SMILES string of the molecule is [c]1ccnn1-c1ncc[nH]1. The zero-order chi connectivity index (χ0) is 6.81. The second kappa shape index (κ2) is 1.98. The zero-order valence-corrected chi connectivity index (χ0v) is 5.15. The van der Waals surface area contributed by atoms with E-state index in [1.165, 1.54) is 0 Å². The topological polar surface area (TPSA) is 46.5 Å². The van der Waals surface area contributed by atoms with Crippen LogP contribution in [0.5, 0.6) is 0 Å². The molecule has 0 aliphatic rings. The van der Waals surface area contributed by atoms with Crippen LogP contribution in [0.15, 0.2) is 24.7 Å². The summed E-state index contributed by atoms with van der Waals surface area (Å²) in [5.74, 6) is 0.685. The predicted octanol–water partition coefficient (Wildman–Crippen LogP) is 0.396. The molecule has 0 saturated carbocycles. The molecule has 0 atom stereocenters. The Balaban J connectivity index is 2.48. The monoisotopic (exact) mass is 133 g/mol. The Labute approximate surface area is 57.5 Å². The van der Waals surface area contributed by atoms with Crippen LogP contribution in [0.4, 0.5) is 0 Å². The summed E-state index contributed by atoms with van der Waals surface area (Å²) in [6.07, 6.45) is 7.92. The molecule has 2 aromatic rings. The van der Waals surface area contributed by atoms with E-state index in [0.29, 0.717) is 5.95 Å². The number of hydrogen-bond acceptors (Lipinski definition) is 2. The van der Waals surface area contributed by atoms with Gasteiger partial charge in [0, 0.05) is 12.4 Å². The quantitative estimate of drug-likeness (QED) is 0.611. The Hall–Kier alpha value is -1.58. The first-order chi connectivity index (χ1) is 4.97. The van der Waals surface area contributed by atoms with Crippen molar-refractivity contribution in [1.29, 1.82) is 0 Å². The minimum absolute atomic E-state index is 0.685. The third-order valence-electron chi connectivity index (χ3n) is 1.14. The van der Waals surface area contributed by atoms with E-state index in [-0.39, 0.29) is 0 Å². The summed E-state index contributed by atoms with van der Waals surface area (Å²) in [5.41, 5.74) is 0. The molecule has 4 heteroatoms. The molecule has 0 amide bonds. The zero-order valence-electron chi connectivity index (χ0n) is 5.15. The summed E-state index contributed by atoms with van der Waals surface area (Å²) in [7, 11) is 0. The fourth-order valence-corrected chi connectivity index (χ4v) is 0.726. The van der Waals surface area contributed by atoms with Crippen LogP contribution in [0, 0.1) is 6.20 Å². The van der Waals surface area contributed by atoms with Gasteiger partial charge < -0.3 is 4.98 Å². The highest BCUT2D eigenvalue weighted by atomic mass is 15.3. The Bertz CT molecular complexity index is 249. The smallest absolute Gasteiger partial charge is 0.228 e. The van der Waals surface area contributed by atoms with E-state index < -0.39 is 0 Å². The molecule has 49 valence electrons. The summed E-state index contributed by atoms with van der Waals surface area (Å²) in [6.45, 7) is 0. The van der Waals surface area contributed by atoms with Crippen molar-refractivity contribution in [3.63, 3.8) is 0 Å². The molecule has 0 saturated heterocycles. The average Bonchev–Trinajstić information content (AvgIpc) is 2.59. The maximum Gasteiger partial charge on any atom is 0.228 e.